The highest BCUT2D eigenvalue weighted by molar-refractivity contribution is 5.73. The molecule has 1 unspecified atom stereocenters. The Labute approximate surface area is 158 Å². The van der Waals surface area contributed by atoms with Crippen LogP contribution in [0.2, 0.25) is 0 Å². The van der Waals surface area contributed by atoms with Gasteiger partial charge in [-0.3, -0.25) is 4.68 Å². The second kappa shape index (κ2) is 7.53. The zero-order valence-electron chi connectivity index (χ0n) is 15.0. The Morgan fingerprint density at radius 2 is 1.81 bits per heavy atom. The van der Waals surface area contributed by atoms with Gasteiger partial charge in [0.05, 0.1) is 23.6 Å². The number of amides is 1. The number of aromatic nitrogens is 2. The topological polar surface area (TPSA) is 73.4 Å². The largest absolute Gasteiger partial charge is 0.445 e. The molecule has 1 aromatic heterocycles. The number of hydrogen-bond acceptors (Lipinski definition) is 4. The van der Waals surface area contributed by atoms with Crippen molar-refractivity contribution in [1.29, 1.82) is 0 Å². The summed E-state index contributed by atoms with van der Waals surface area (Å²) < 4.78 is 7.39. The molecule has 138 valence electrons. The molecule has 0 spiro atoms. The van der Waals surface area contributed by atoms with Gasteiger partial charge >= 0.3 is 6.09 Å². The van der Waals surface area contributed by atoms with Crippen molar-refractivity contribution in [1.82, 2.24) is 14.7 Å². The number of benzene rings is 2. The Morgan fingerprint density at radius 1 is 1.11 bits per heavy atom. The van der Waals surface area contributed by atoms with E-state index in [1.807, 2.05) is 65.3 Å². The zero-order valence-corrected chi connectivity index (χ0v) is 15.0. The SMILES string of the molecule is Nc1cnn(C2CCN(C(=O)OCc3ccccc3)C2)c1-c1ccccc1. The summed E-state index contributed by atoms with van der Waals surface area (Å²) in [4.78, 5) is 14.1. The van der Waals surface area contributed by atoms with Crippen LogP contribution in [0.1, 0.15) is 18.0 Å². The number of carbonyl (C=O) groups excluding carboxylic acids is 1. The summed E-state index contributed by atoms with van der Waals surface area (Å²) in [6.45, 7) is 1.49. The summed E-state index contributed by atoms with van der Waals surface area (Å²) in [5.74, 6) is 0. The average molecular weight is 362 g/mol. The molecule has 27 heavy (non-hydrogen) atoms. The van der Waals surface area contributed by atoms with Crippen LogP contribution in [0.15, 0.2) is 66.9 Å². The molecule has 1 saturated heterocycles. The molecule has 6 nitrogen and oxygen atoms in total. The fraction of sp³-hybridized carbons (Fsp3) is 0.238. The summed E-state index contributed by atoms with van der Waals surface area (Å²) >= 11 is 0. The third kappa shape index (κ3) is 3.65. The van der Waals surface area contributed by atoms with Crippen LogP contribution in [0.3, 0.4) is 0 Å². The van der Waals surface area contributed by atoms with Crippen molar-refractivity contribution >= 4 is 11.8 Å². The van der Waals surface area contributed by atoms with Crippen LogP contribution < -0.4 is 5.73 Å². The lowest BCUT2D eigenvalue weighted by Gasteiger charge is -2.18. The summed E-state index contributed by atoms with van der Waals surface area (Å²) in [7, 11) is 0. The predicted octanol–water partition coefficient (Wildman–Crippen LogP) is 3.72. The molecule has 0 saturated carbocycles. The Hall–Kier alpha value is -3.28. The molecule has 1 atom stereocenters. The molecule has 1 aliphatic heterocycles. The summed E-state index contributed by atoms with van der Waals surface area (Å²) in [6, 6.07) is 19.7. The smallest absolute Gasteiger partial charge is 0.410 e. The molecule has 1 amide bonds. The minimum Gasteiger partial charge on any atom is -0.445 e. The van der Waals surface area contributed by atoms with E-state index in [0.717, 1.165) is 23.2 Å². The highest BCUT2D eigenvalue weighted by Crippen LogP contribution is 2.32. The molecule has 0 bridgehead atoms. The van der Waals surface area contributed by atoms with E-state index < -0.39 is 0 Å². The van der Waals surface area contributed by atoms with Gasteiger partial charge in [-0.15, -0.1) is 0 Å². The second-order valence-electron chi connectivity index (χ2n) is 6.69. The number of nitrogen functional groups attached to an aromatic ring is 1. The van der Waals surface area contributed by atoms with E-state index in [4.69, 9.17) is 10.5 Å². The molecule has 2 N–H and O–H groups in total. The normalized spacial score (nSPS) is 16.4. The first-order valence-corrected chi connectivity index (χ1v) is 9.06. The van der Waals surface area contributed by atoms with Crippen LogP contribution in [-0.4, -0.2) is 33.9 Å². The fourth-order valence-electron chi connectivity index (χ4n) is 3.47. The minimum atomic E-state index is -0.289. The standard InChI is InChI=1S/C21H22N4O2/c22-19-13-23-25(20(19)17-9-5-2-6-10-17)18-11-12-24(14-18)21(26)27-15-16-7-3-1-4-8-16/h1-10,13,18H,11-12,14-15,22H2. The third-order valence-electron chi connectivity index (χ3n) is 4.84. The van der Waals surface area contributed by atoms with Crippen LogP contribution in [0, 0.1) is 0 Å². The summed E-state index contributed by atoms with van der Waals surface area (Å²) in [5.41, 5.74) is 9.71. The van der Waals surface area contributed by atoms with Gasteiger partial charge in [0.15, 0.2) is 0 Å². The third-order valence-corrected chi connectivity index (χ3v) is 4.84. The van der Waals surface area contributed by atoms with Crippen molar-refractivity contribution in [3.63, 3.8) is 0 Å². The Kier molecular flexibility index (Phi) is 4.78. The van der Waals surface area contributed by atoms with E-state index in [0.29, 0.717) is 18.8 Å². The fourth-order valence-corrected chi connectivity index (χ4v) is 3.47. The second-order valence-corrected chi connectivity index (χ2v) is 6.69. The molecule has 0 radical (unpaired) electrons. The van der Waals surface area contributed by atoms with E-state index >= 15 is 0 Å². The molecule has 6 heteroatoms. The number of ether oxygens (including phenoxy) is 1. The molecule has 0 aliphatic carbocycles. The van der Waals surface area contributed by atoms with Gasteiger partial charge in [-0.25, -0.2) is 4.79 Å². The molecule has 3 aromatic rings. The number of anilines is 1. The zero-order chi connectivity index (χ0) is 18.6. The van der Waals surface area contributed by atoms with Crippen LogP contribution in [0.5, 0.6) is 0 Å². The number of carbonyl (C=O) groups is 1. The van der Waals surface area contributed by atoms with Crippen LogP contribution >= 0.6 is 0 Å². The first-order valence-electron chi connectivity index (χ1n) is 9.06. The molecule has 1 aliphatic rings. The van der Waals surface area contributed by atoms with Crippen molar-refractivity contribution in [3.8, 4) is 11.3 Å². The monoisotopic (exact) mass is 362 g/mol. The van der Waals surface area contributed by atoms with Crippen LogP contribution in [0.25, 0.3) is 11.3 Å². The number of rotatable bonds is 4. The van der Waals surface area contributed by atoms with Crippen molar-refractivity contribution < 1.29 is 9.53 Å². The van der Waals surface area contributed by atoms with E-state index in [-0.39, 0.29) is 18.7 Å². The first kappa shape index (κ1) is 17.1. The van der Waals surface area contributed by atoms with E-state index in [9.17, 15) is 4.79 Å². The Bertz CT molecular complexity index is 908. The minimum absolute atomic E-state index is 0.0850. The Balaban J connectivity index is 1.44. The van der Waals surface area contributed by atoms with Crippen LogP contribution in [-0.2, 0) is 11.3 Å². The van der Waals surface area contributed by atoms with Gasteiger partial charge in [0.2, 0.25) is 0 Å². The molecule has 2 heterocycles. The van der Waals surface area contributed by atoms with Gasteiger partial charge in [0, 0.05) is 18.7 Å². The number of nitrogens with zero attached hydrogens (tertiary/aromatic N) is 3. The van der Waals surface area contributed by atoms with Gasteiger partial charge in [-0.1, -0.05) is 60.7 Å². The molecule has 1 fully saturated rings. The lowest BCUT2D eigenvalue weighted by Crippen LogP contribution is -2.29. The molecular formula is C21H22N4O2. The van der Waals surface area contributed by atoms with Gasteiger partial charge in [0.1, 0.15) is 6.61 Å². The summed E-state index contributed by atoms with van der Waals surface area (Å²) in [6.07, 6.45) is 2.21. The number of nitrogens with two attached hydrogens (primary N) is 1. The predicted molar refractivity (Wildman–Crippen MR) is 104 cm³/mol. The lowest BCUT2D eigenvalue weighted by molar-refractivity contribution is 0.103. The van der Waals surface area contributed by atoms with E-state index in [2.05, 4.69) is 5.10 Å². The van der Waals surface area contributed by atoms with Crippen molar-refractivity contribution in [2.75, 3.05) is 18.8 Å². The maximum absolute atomic E-state index is 12.4. The van der Waals surface area contributed by atoms with Gasteiger partial charge in [-0.05, 0) is 12.0 Å². The first-order chi connectivity index (χ1) is 13.2. The summed E-state index contributed by atoms with van der Waals surface area (Å²) in [5, 5.41) is 4.47. The van der Waals surface area contributed by atoms with Crippen LogP contribution in [0.4, 0.5) is 10.5 Å². The van der Waals surface area contributed by atoms with Gasteiger partial charge < -0.3 is 15.4 Å². The molecule has 4 rings (SSSR count). The van der Waals surface area contributed by atoms with Crippen molar-refractivity contribution in [2.24, 2.45) is 0 Å². The molecular weight excluding hydrogens is 340 g/mol. The lowest BCUT2D eigenvalue weighted by atomic mass is 10.1. The average Bonchev–Trinajstić information content (AvgIpc) is 3.34. The van der Waals surface area contributed by atoms with Crippen molar-refractivity contribution in [3.05, 3.63) is 72.4 Å². The number of likely N-dealkylation sites (tertiary alicyclic amines) is 1. The molecule has 2 aromatic carbocycles. The quantitative estimate of drug-likeness (QED) is 0.768. The Morgan fingerprint density at radius 3 is 2.56 bits per heavy atom. The van der Waals surface area contributed by atoms with E-state index in [1.54, 1.807) is 11.1 Å². The number of hydrogen-bond donors (Lipinski definition) is 1. The van der Waals surface area contributed by atoms with Crippen molar-refractivity contribution in [2.45, 2.75) is 19.1 Å². The van der Waals surface area contributed by atoms with Gasteiger partial charge in [0.25, 0.3) is 0 Å². The maximum atomic E-state index is 12.4. The van der Waals surface area contributed by atoms with Gasteiger partial charge in [-0.2, -0.15) is 5.10 Å². The highest BCUT2D eigenvalue weighted by Gasteiger charge is 2.30. The van der Waals surface area contributed by atoms with E-state index in [1.165, 1.54) is 0 Å². The highest BCUT2D eigenvalue weighted by atomic mass is 16.6. The maximum Gasteiger partial charge on any atom is 0.410 e.